The molecule has 0 aliphatic heterocycles. The van der Waals surface area contributed by atoms with E-state index in [4.69, 9.17) is 4.52 Å². The fraction of sp³-hybridized carbons (Fsp3) is 0.233. The van der Waals surface area contributed by atoms with Gasteiger partial charge in [-0.05, 0) is 47.9 Å². The molecule has 0 spiro atoms. The molecule has 198 valence electrons. The van der Waals surface area contributed by atoms with E-state index in [1.807, 2.05) is 61.5 Å². The van der Waals surface area contributed by atoms with Gasteiger partial charge in [0.05, 0.1) is 31.2 Å². The molecule has 2 aromatic heterocycles. The Morgan fingerprint density at radius 2 is 1.56 bits per heavy atom. The molecule has 1 aliphatic rings. The highest BCUT2D eigenvalue weighted by Gasteiger charge is 2.26. The first-order valence-electron chi connectivity index (χ1n) is 12.9. The van der Waals surface area contributed by atoms with E-state index < -0.39 is 10.0 Å². The molecule has 3 aromatic carbocycles. The summed E-state index contributed by atoms with van der Waals surface area (Å²) in [6, 6.07) is 26.6. The van der Waals surface area contributed by atoms with E-state index >= 15 is 0 Å². The van der Waals surface area contributed by atoms with E-state index in [0.717, 1.165) is 34.4 Å². The van der Waals surface area contributed by atoms with E-state index in [1.54, 1.807) is 10.9 Å². The number of aromatic nitrogens is 4. The molecule has 0 amide bonds. The Balaban J connectivity index is 1.25. The molecular formula is C30H29N5O3S. The van der Waals surface area contributed by atoms with Gasteiger partial charge in [-0.1, -0.05) is 89.2 Å². The fourth-order valence-electron chi connectivity index (χ4n) is 4.74. The number of anilines is 1. The van der Waals surface area contributed by atoms with Crippen molar-refractivity contribution in [3.63, 3.8) is 0 Å². The first kappa shape index (κ1) is 25.1. The second-order valence-corrected chi connectivity index (χ2v) is 12.0. The number of nitrogens with zero attached hydrogens (tertiary/aromatic N) is 5. The minimum absolute atomic E-state index is 0.0257. The molecule has 1 fully saturated rings. The number of aryl methyl sites for hydroxylation is 1. The minimum Gasteiger partial charge on any atom is -0.356 e. The van der Waals surface area contributed by atoms with Crippen molar-refractivity contribution in [2.75, 3.05) is 10.6 Å². The molecule has 39 heavy (non-hydrogen) atoms. The maximum absolute atomic E-state index is 12.9. The highest BCUT2D eigenvalue weighted by atomic mass is 32.2. The van der Waals surface area contributed by atoms with E-state index in [2.05, 4.69) is 39.7 Å². The van der Waals surface area contributed by atoms with Crippen LogP contribution in [0.4, 0.5) is 5.82 Å². The summed E-state index contributed by atoms with van der Waals surface area (Å²) < 4.78 is 34.3. The first-order valence-corrected chi connectivity index (χ1v) is 14.8. The monoisotopic (exact) mass is 539 g/mol. The summed E-state index contributed by atoms with van der Waals surface area (Å²) in [6.07, 6.45) is 5.38. The van der Waals surface area contributed by atoms with Crippen LogP contribution in [0.5, 0.6) is 0 Å². The second kappa shape index (κ2) is 10.1. The molecule has 0 radical (unpaired) electrons. The number of benzene rings is 3. The lowest BCUT2D eigenvalue weighted by Gasteiger charge is -2.19. The Kier molecular flexibility index (Phi) is 6.52. The third-order valence-corrected chi connectivity index (χ3v) is 8.21. The van der Waals surface area contributed by atoms with Crippen molar-refractivity contribution in [1.82, 2.24) is 20.2 Å². The van der Waals surface area contributed by atoms with Crippen molar-refractivity contribution >= 4 is 15.8 Å². The van der Waals surface area contributed by atoms with Crippen molar-refractivity contribution in [2.24, 2.45) is 0 Å². The maximum atomic E-state index is 12.9. The number of hydrogen-bond donors (Lipinski definition) is 0. The van der Waals surface area contributed by atoms with Crippen LogP contribution >= 0.6 is 0 Å². The van der Waals surface area contributed by atoms with E-state index in [0.29, 0.717) is 23.6 Å². The molecule has 8 nitrogen and oxygen atoms in total. The smallest absolute Gasteiger partial charge is 0.233 e. The van der Waals surface area contributed by atoms with Crippen LogP contribution in [0, 0.1) is 6.92 Å². The zero-order valence-electron chi connectivity index (χ0n) is 21.9. The summed E-state index contributed by atoms with van der Waals surface area (Å²) in [5, 5.41) is 12.5. The third-order valence-electron chi connectivity index (χ3n) is 7.10. The summed E-state index contributed by atoms with van der Waals surface area (Å²) in [5.41, 5.74) is 6.83. The molecule has 0 N–H and O–H groups in total. The molecule has 0 saturated heterocycles. The average molecular weight is 540 g/mol. The van der Waals surface area contributed by atoms with Gasteiger partial charge in [-0.15, -0.1) is 5.10 Å². The standard InChI is InChI=1S/C30H29N5O3S/c1-21-28(19-35(39(2,36)37)29-20-34(33-31-29)18-22-6-4-3-5-7-22)30(38-32-21)27-16-14-26(15-17-27)25-12-10-24(11-13-25)23-8-9-23/h3-7,10-17,20,23H,8-9,18-19H2,1-2H3. The van der Waals surface area contributed by atoms with Crippen LogP contribution in [0.2, 0.25) is 0 Å². The van der Waals surface area contributed by atoms with E-state index in [1.165, 1.54) is 22.7 Å². The predicted octanol–water partition coefficient (Wildman–Crippen LogP) is 5.80. The first-order chi connectivity index (χ1) is 18.8. The van der Waals surface area contributed by atoms with Crippen LogP contribution in [0.3, 0.4) is 0 Å². The number of sulfonamides is 1. The summed E-state index contributed by atoms with van der Waals surface area (Å²) in [4.78, 5) is 0. The maximum Gasteiger partial charge on any atom is 0.233 e. The van der Waals surface area contributed by atoms with Crippen molar-refractivity contribution in [3.05, 3.63) is 107 Å². The van der Waals surface area contributed by atoms with Gasteiger partial charge in [0.15, 0.2) is 11.6 Å². The van der Waals surface area contributed by atoms with Crippen molar-refractivity contribution < 1.29 is 12.9 Å². The third kappa shape index (κ3) is 5.49. The molecule has 1 saturated carbocycles. The van der Waals surface area contributed by atoms with Gasteiger partial charge < -0.3 is 4.52 Å². The Morgan fingerprint density at radius 1 is 0.923 bits per heavy atom. The van der Waals surface area contributed by atoms with Gasteiger partial charge in [0.2, 0.25) is 10.0 Å². The average Bonchev–Trinajstić information content (AvgIpc) is 3.59. The highest BCUT2D eigenvalue weighted by Crippen LogP contribution is 2.40. The Hall–Kier alpha value is -4.24. The molecule has 0 unspecified atom stereocenters. The number of rotatable bonds is 9. The van der Waals surface area contributed by atoms with Gasteiger partial charge in [0.25, 0.3) is 0 Å². The van der Waals surface area contributed by atoms with Gasteiger partial charge in [-0.25, -0.2) is 17.4 Å². The van der Waals surface area contributed by atoms with Crippen LogP contribution in [0.1, 0.15) is 41.1 Å². The summed E-state index contributed by atoms with van der Waals surface area (Å²) in [5.74, 6) is 1.51. The molecule has 9 heteroatoms. The molecule has 2 heterocycles. The number of hydrogen-bond acceptors (Lipinski definition) is 6. The Labute approximate surface area is 227 Å². The lowest BCUT2D eigenvalue weighted by atomic mass is 9.99. The quantitative estimate of drug-likeness (QED) is 0.235. The highest BCUT2D eigenvalue weighted by molar-refractivity contribution is 7.92. The molecule has 5 aromatic rings. The molecule has 0 bridgehead atoms. The zero-order valence-corrected chi connectivity index (χ0v) is 22.7. The lowest BCUT2D eigenvalue weighted by molar-refractivity contribution is 0.426. The predicted molar refractivity (Wildman–Crippen MR) is 151 cm³/mol. The minimum atomic E-state index is -3.67. The van der Waals surface area contributed by atoms with Gasteiger partial charge in [0, 0.05) is 11.1 Å². The van der Waals surface area contributed by atoms with Crippen LogP contribution in [-0.4, -0.2) is 34.8 Å². The molecular weight excluding hydrogens is 510 g/mol. The van der Waals surface area contributed by atoms with Gasteiger partial charge in [0.1, 0.15) is 0 Å². The molecule has 1 aliphatic carbocycles. The molecule has 0 atom stereocenters. The van der Waals surface area contributed by atoms with Crippen LogP contribution in [-0.2, 0) is 23.1 Å². The fourth-order valence-corrected chi connectivity index (χ4v) is 5.53. The van der Waals surface area contributed by atoms with Crippen molar-refractivity contribution in [3.8, 4) is 22.5 Å². The van der Waals surface area contributed by atoms with E-state index in [-0.39, 0.29) is 12.4 Å². The van der Waals surface area contributed by atoms with Crippen molar-refractivity contribution in [2.45, 2.75) is 38.8 Å². The summed E-state index contributed by atoms with van der Waals surface area (Å²) in [6.45, 7) is 2.32. The largest absolute Gasteiger partial charge is 0.356 e. The summed E-state index contributed by atoms with van der Waals surface area (Å²) in [7, 11) is -3.67. The molecule has 6 rings (SSSR count). The van der Waals surface area contributed by atoms with Crippen molar-refractivity contribution in [1.29, 1.82) is 0 Å². The second-order valence-electron chi connectivity index (χ2n) is 10.1. The SMILES string of the molecule is Cc1noc(-c2ccc(-c3ccc(C4CC4)cc3)cc2)c1CN(c1cn(Cc2ccccc2)nn1)S(C)(=O)=O. The van der Waals surface area contributed by atoms with Gasteiger partial charge >= 0.3 is 0 Å². The lowest BCUT2D eigenvalue weighted by Crippen LogP contribution is -2.30. The topological polar surface area (TPSA) is 94.1 Å². The Bertz CT molecular complexity index is 1690. The van der Waals surface area contributed by atoms with Gasteiger partial charge in [-0.2, -0.15) is 0 Å². The van der Waals surface area contributed by atoms with Crippen LogP contribution < -0.4 is 4.31 Å². The zero-order chi connectivity index (χ0) is 27.0. The van der Waals surface area contributed by atoms with E-state index in [9.17, 15) is 8.42 Å². The normalized spacial score (nSPS) is 13.5. The van der Waals surface area contributed by atoms with Crippen LogP contribution in [0.15, 0.2) is 89.6 Å². The summed E-state index contributed by atoms with van der Waals surface area (Å²) >= 11 is 0. The van der Waals surface area contributed by atoms with Crippen LogP contribution in [0.25, 0.3) is 22.5 Å². The van der Waals surface area contributed by atoms with Gasteiger partial charge in [-0.3, -0.25) is 0 Å². The Morgan fingerprint density at radius 3 is 2.21 bits per heavy atom.